The van der Waals surface area contributed by atoms with Crippen LogP contribution in [0.4, 0.5) is 0 Å². The van der Waals surface area contributed by atoms with Crippen molar-refractivity contribution < 1.29 is 0 Å². The van der Waals surface area contributed by atoms with Gasteiger partial charge in [-0.1, -0.05) is 60.6 Å². The minimum absolute atomic E-state index is 0.305. The van der Waals surface area contributed by atoms with Gasteiger partial charge >= 0.3 is 0 Å². The molecule has 0 aromatic heterocycles. The van der Waals surface area contributed by atoms with E-state index in [1.807, 2.05) is 11.8 Å². The zero-order chi connectivity index (χ0) is 15.4. The molecule has 0 radical (unpaired) electrons. The number of hydrogen-bond acceptors (Lipinski definition) is 1. The molecule has 0 unspecified atom stereocenters. The molecule has 0 aliphatic heterocycles. The summed E-state index contributed by atoms with van der Waals surface area (Å²) in [6, 6.07) is 9.07. The van der Waals surface area contributed by atoms with Crippen molar-refractivity contribution in [2.75, 3.05) is 0 Å². The normalized spacial score (nSPS) is 13.0. The van der Waals surface area contributed by atoms with Gasteiger partial charge < -0.3 is 0 Å². The van der Waals surface area contributed by atoms with Crippen LogP contribution < -0.4 is 0 Å². The smallest absolute Gasteiger partial charge is 0.0151 e. The van der Waals surface area contributed by atoms with Gasteiger partial charge in [0, 0.05) is 9.64 Å². The minimum Gasteiger partial charge on any atom is -0.120 e. The maximum Gasteiger partial charge on any atom is 0.0151 e. The molecule has 1 rings (SSSR count). The first-order chi connectivity index (χ1) is 9.16. The summed E-state index contributed by atoms with van der Waals surface area (Å²) in [6.07, 6.45) is 3.67. The molecule has 0 N–H and O–H groups in total. The van der Waals surface area contributed by atoms with Crippen LogP contribution in [0.15, 0.2) is 29.2 Å². The highest BCUT2D eigenvalue weighted by atomic mass is 32.2. The van der Waals surface area contributed by atoms with Crippen LogP contribution >= 0.6 is 11.8 Å². The molecule has 1 heteroatoms. The monoisotopic (exact) mass is 292 g/mol. The second-order valence-electron chi connectivity index (χ2n) is 7.50. The van der Waals surface area contributed by atoms with Crippen molar-refractivity contribution in [1.82, 2.24) is 0 Å². The zero-order valence-corrected chi connectivity index (χ0v) is 15.2. The standard InChI is InChI=1S/C19H32S/c1-8-16-9-11-17(12-10-16)20-19(6,7)14-13-18(4,5)15(2)3/h9-12,15H,8,13-14H2,1-7H3. The van der Waals surface area contributed by atoms with E-state index in [2.05, 4.69) is 72.7 Å². The summed E-state index contributed by atoms with van der Waals surface area (Å²) >= 11 is 2.02. The molecule has 0 fully saturated rings. The third-order valence-electron chi connectivity index (χ3n) is 4.66. The molecular weight excluding hydrogens is 260 g/mol. The SMILES string of the molecule is CCc1ccc(SC(C)(C)CCC(C)(C)C(C)C)cc1. The molecule has 0 aliphatic rings. The summed E-state index contributed by atoms with van der Waals surface area (Å²) in [5, 5.41) is 0. The lowest BCUT2D eigenvalue weighted by Crippen LogP contribution is -2.24. The second-order valence-corrected chi connectivity index (χ2v) is 9.28. The van der Waals surface area contributed by atoms with Gasteiger partial charge in [-0.15, -0.1) is 11.8 Å². The van der Waals surface area contributed by atoms with Crippen LogP contribution in [0.3, 0.4) is 0 Å². The van der Waals surface area contributed by atoms with E-state index in [0.29, 0.717) is 10.2 Å². The van der Waals surface area contributed by atoms with Crippen molar-refractivity contribution in [3.63, 3.8) is 0 Å². The van der Waals surface area contributed by atoms with E-state index in [0.717, 1.165) is 12.3 Å². The van der Waals surface area contributed by atoms with E-state index in [9.17, 15) is 0 Å². The third-order valence-corrected chi connectivity index (χ3v) is 5.92. The maximum absolute atomic E-state index is 2.40. The Labute approximate surface area is 130 Å². The van der Waals surface area contributed by atoms with E-state index in [1.165, 1.54) is 23.3 Å². The van der Waals surface area contributed by atoms with Gasteiger partial charge in [-0.05, 0) is 48.3 Å². The van der Waals surface area contributed by atoms with Crippen molar-refractivity contribution >= 4 is 11.8 Å². The van der Waals surface area contributed by atoms with Gasteiger partial charge in [-0.2, -0.15) is 0 Å². The van der Waals surface area contributed by atoms with E-state index in [-0.39, 0.29) is 0 Å². The molecule has 1 aromatic rings. The van der Waals surface area contributed by atoms with Gasteiger partial charge in [0.15, 0.2) is 0 Å². The van der Waals surface area contributed by atoms with Crippen molar-refractivity contribution in [3.05, 3.63) is 29.8 Å². The molecule has 0 atom stereocenters. The fourth-order valence-corrected chi connectivity index (χ4v) is 3.19. The van der Waals surface area contributed by atoms with Crippen molar-refractivity contribution in [2.45, 2.75) is 77.4 Å². The first kappa shape index (κ1) is 17.6. The van der Waals surface area contributed by atoms with Crippen LogP contribution in [0.25, 0.3) is 0 Å². The molecule has 0 heterocycles. The van der Waals surface area contributed by atoms with Crippen LogP contribution in [0.1, 0.15) is 66.9 Å². The topological polar surface area (TPSA) is 0 Å². The average Bonchev–Trinajstić information content (AvgIpc) is 2.37. The van der Waals surface area contributed by atoms with E-state index >= 15 is 0 Å². The molecule has 20 heavy (non-hydrogen) atoms. The molecule has 114 valence electrons. The fourth-order valence-electron chi connectivity index (χ4n) is 2.08. The number of benzene rings is 1. The van der Waals surface area contributed by atoms with E-state index in [4.69, 9.17) is 0 Å². The Bertz CT molecular complexity index is 398. The van der Waals surface area contributed by atoms with Crippen LogP contribution in [0.2, 0.25) is 0 Å². The van der Waals surface area contributed by atoms with Gasteiger partial charge in [0.2, 0.25) is 0 Å². The highest BCUT2D eigenvalue weighted by Crippen LogP contribution is 2.40. The largest absolute Gasteiger partial charge is 0.120 e. The Kier molecular flexibility index (Phi) is 6.19. The van der Waals surface area contributed by atoms with Crippen LogP contribution in [-0.2, 0) is 6.42 Å². The van der Waals surface area contributed by atoms with Gasteiger partial charge in [0.05, 0.1) is 0 Å². The molecule has 0 nitrogen and oxygen atoms in total. The molecule has 0 saturated heterocycles. The van der Waals surface area contributed by atoms with Gasteiger partial charge in [0.25, 0.3) is 0 Å². The number of aryl methyl sites for hydroxylation is 1. The minimum atomic E-state index is 0.305. The van der Waals surface area contributed by atoms with E-state index < -0.39 is 0 Å². The number of rotatable bonds is 7. The number of thioether (sulfide) groups is 1. The molecule has 0 aliphatic carbocycles. The van der Waals surface area contributed by atoms with Crippen LogP contribution in [0, 0.1) is 11.3 Å². The van der Waals surface area contributed by atoms with Crippen molar-refractivity contribution in [1.29, 1.82) is 0 Å². The molecule has 0 amide bonds. The molecule has 1 aromatic carbocycles. The Morgan fingerprint density at radius 3 is 1.95 bits per heavy atom. The average molecular weight is 293 g/mol. The fraction of sp³-hybridized carbons (Fsp3) is 0.684. The summed E-state index contributed by atoms with van der Waals surface area (Å²) in [5.41, 5.74) is 1.86. The van der Waals surface area contributed by atoms with Crippen molar-refractivity contribution in [3.8, 4) is 0 Å². The molecular formula is C19H32S. The lowest BCUT2D eigenvalue weighted by Gasteiger charge is -2.33. The number of hydrogen-bond donors (Lipinski definition) is 0. The van der Waals surface area contributed by atoms with Crippen LogP contribution in [-0.4, -0.2) is 4.75 Å². The van der Waals surface area contributed by atoms with Gasteiger partial charge in [-0.3, -0.25) is 0 Å². The molecule has 0 bridgehead atoms. The summed E-state index contributed by atoms with van der Waals surface area (Å²) < 4.78 is 0.305. The highest BCUT2D eigenvalue weighted by Gasteiger charge is 2.27. The predicted molar refractivity (Wildman–Crippen MR) is 93.6 cm³/mol. The summed E-state index contributed by atoms with van der Waals surface area (Å²) in [5.74, 6) is 0.743. The Morgan fingerprint density at radius 2 is 1.50 bits per heavy atom. The second kappa shape index (κ2) is 7.02. The quantitative estimate of drug-likeness (QED) is 0.511. The summed E-state index contributed by atoms with van der Waals surface area (Å²) in [4.78, 5) is 1.40. The van der Waals surface area contributed by atoms with Crippen LogP contribution in [0.5, 0.6) is 0 Å². The predicted octanol–water partition coefficient (Wildman–Crippen LogP) is 6.58. The summed E-state index contributed by atoms with van der Waals surface area (Å²) in [7, 11) is 0. The van der Waals surface area contributed by atoms with Gasteiger partial charge in [-0.25, -0.2) is 0 Å². The Balaban J connectivity index is 2.60. The maximum atomic E-state index is 2.40. The third kappa shape index (κ3) is 5.52. The first-order valence-electron chi connectivity index (χ1n) is 7.94. The zero-order valence-electron chi connectivity index (χ0n) is 14.4. The van der Waals surface area contributed by atoms with E-state index in [1.54, 1.807) is 0 Å². The highest BCUT2D eigenvalue weighted by molar-refractivity contribution is 8.00. The first-order valence-corrected chi connectivity index (χ1v) is 8.76. The Hall–Kier alpha value is -0.430. The van der Waals surface area contributed by atoms with Gasteiger partial charge in [0.1, 0.15) is 0 Å². The molecule has 0 spiro atoms. The molecule has 0 saturated carbocycles. The van der Waals surface area contributed by atoms with Crippen molar-refractivity contribution in [2.24, 2.45) is 11.3 Å². The lowest BCUT2D eigenvalue weighted by molar-refractivity contribution is 0.217. The Morgan fingerprint density at radius 1 is 0.950 bits per heavy atom. The lowest BCUT2D eigenvalue weighted by atomic mass is 9.76. The summed E-state index contributed by atoms with van der Waals surface area (Å²) in [6.45, 7) is 16.4.